The van der Waals surface area contributed by atoms with Crippen molar-refractivity contribution in [1.29, 1.82) is 0 Å². The highest BCUT2D eigenvalue weighted by atomic mass is 19.1. The third-order valence-electron chi connectivity index (χ3n) is 4.34. The lowest BCUT2D eigenvalue weighted by Gasteiger charge is -2.31. The van der Waals surface area contributed by atoms with Crippen LogP contribution in [0.25, 0.3) is 0 Å². The third-order valence-corrected chi connectivity index (χ3v) is 4.34. The predicted octanol–water partition coefficient (Wildman–Crippen LogP) is 1.55. The Morgan fingerprint density at radius 1 is 1.33 bits per heavy atom. The Bertz CT molecular complexity index is 558. The Labute approximate surface area is 122 Å². The van der Waals surface area contributed by atoms with E-state index in [0.29, 0.717) is 17.9 Å². The zero-order chi connectivity index (χ0) is 15.0. The molecule has 1 fully saturated rings. The fraction of sp³-hybridized carbons (Fsp3) is 0.533. The van der Waals surface area contributed by atoms with Crippen molar-refractivity contribution < 1.29 is 19.4 Å². The van der Waals surface area contributed by atoms with Crippen LogP contribution in [0.2, 0.25) is 0 Å². The normalized spacial score (nSPS) is 21.5. The van der Waals surface area contributed by atoms with E-state index in [4.69, 9.17) is 0 Å². The highest BCUT2D eigenvalue weighted by molar-refractivity contribution is 6.02. The SMILES string of the molecule is O=C1Nc2cc(N(CCO)C3CCCC3)c(F)cc2C1O. The summed E-state index contributed by atoms with van der Waals surface area (Å²) in [5.74, 6) is -0.999. The number of hydrogen-bond donors (Lipinski definition) is 3. The van der Waals surface area contributed by atoms with Crippen LogP contribution >= 0.6 is 0 Å². The van der Waals surface area contributed by atoms with Gasteiger partial charge in [-0.05, 0) is 25.0 Å². The molecule has 0 aromatic heterocycles. The van der Waals surface area contributed by atoms with E-state index in [-0.39, 0.29) is 18.2 Å². The molecule has 1 amide bonds. The number of carbonyl (C=O) groups excluding carboxylic acids is 1. The van der Waals surface area contributed by atoms with Gasteiger partial charge >= 0.3 is 0 Å². The minimum atomic E-state index is -1.30. The van der Waals surface area contributed by atoms with E-state index >= 15 is 0 Å². The van der Waals surface area contributed by atoms with Crippen LogP contribution in [-0.2, 0) is 4.79 Å². The number of aliphatic hydroxyl groups is 2. The molecule has 1 aromatic carbocycles. The first-order chi connectivity index (χ1) is 10.1. The summed E-state index contributed by atoms with van der Waals surface area (Å²) in [5.41, 5.74) is 1.10. The Hall–Kier alpha value is -1.66. The van der Waals surface area contributed by atoms with Crippen molar-refractivity contribution in [3.8, 4) is 0 Å². The fourth-order valence-corrected chi connectivity index (χ4v) is 3.30. The molecular formula is C15H19FN2O3. The Balaban J connectivity index is 1.97. The molecule has 1 saturated carbocycles. The molecule has 3 rings (SSSR count). The van der Waals surface area contributed by atoms with Gasteiger partial charge in [-0.2, -0.15) is 0 Å². The minimum Gasteiger partial charge on any atom is -0.395 e. The molecule has 5 nitrogen and oxygen atoms in total. The summed E-state index contributed by atoms with van der Waals surface area (Å²) in [4.78, 5) is 13.3. The monoisotopic (exact) mass is 294 g/mol. The molecule has 1 aliphatic carbocycles. The topological polar surface area (TPSA) is 72.8 Å². The van der Waals surface area contributed by atoms with Crippen LogP contribution in [0.15, 0.2) is 12.1 Å². The number of amides is 1. The number of hydrogen-bond acceptors (Lipinski definition) is 4. The van der Waals surface area contributed by atoms with Gasteiger partial charge in [0.1, 0.15) is 5.82 Å². The highest BCUT2D eigenvalue weighted by Gasteiger charge is 2.32. The molecule has 1 atom stereocenters. The van der Waals surface area contributed by atoms with E-state index in [0.717, 1.165) is 25.7 Å². The van der Waals surface area contributed by atoms with Crippen molar-refractivity contribution in [2.24, 2.45) is 0 Å². The molecule has 0 radical (unpaired) electrons. The Morgan fingerprint density at radius 3 is 2.71 bits per heavy atom. The van der Waals surface area contributed by atoms with E-state index in [1.54, 1.807) is 6.07 Å². The van der Waals surface area contributed by atoms with Gasteiger partial charge in [-0.3, -0.25) is 4.79 Å². The van der Waals surface area contributed by atoms with Crippen LogP contribution in [0.5, 0.6) is 0 Å². The van der Waals surface area contributed by atoms with Gasteiger partial charge in [-0.1, -0.05) is 12.8 Å². The molecule has 114 valence electrons. The molecule has 1 heterocycles. The standard InChI is InChI=1S/C15H19FN2O3/c16-11-7-10-12(17-15(21)14(10)20)8-13(11)18(5-6-19)9-3-1-2-4-9/h7-9,14,19-20H,1-6H2,(H,17,21). The molecule has 6 heteroatoms. The zero-order valence-electron chi connectivity index (χ0n) is 11.7. The van der Waals surface area contributed by atoms with E-state index in [9.17, 15) is 19.4 Å². The van der Waals surface area contributed by atoms with Crippen molar-refractivity contribution in [3.63, 3.8) is 0 Å². The second-order valence-corrected chi connectivity index (χ2v) is 5.64. The first-order valence-electron chi connectivity index (χ1n) is 7.31. The number of nitrogens with one attached hydrogen (secondary N) is 1. The molecule has 0 saturated heterocycles. The highest BCUT2D eigenvalue weighted by Crippen LogP contribution is 2.38. The van der Waals surface area contributed by atoms with Gasteiger partial charge in [0.05, 0.1) is 12.3 Å². The summed E-state index contributed by atoms with van der Waals surface area (Å²) >= 11 is 0. The van der Waals surface area contributed by atoms with Gasteiger partial charge in [-0.25, -0.2) is 4.39 Å². The van der Waals surface area contributed by atoms with Crippen molar-refractivity contribution in [1.82, 2.24) is 0 Å². The van der Waals surface area contributed by atoms with Crippen molar-refractivity contribution in [2.45, 2.75) is 37.8 Å². The van der Waals surface area contributed by atoms with Crippen LogP contribution in [0.3, 0.4) is 0 Å². The van der Waals surface area contributed by atoms with Gasteiger partial charge in [0.25, 0.3) is 5.91 Å². The second kappa shape index (κ2) is 5.61. The van der Waals surface area contributed by atoms with Gasteiger partial charge in [-0.15, -0.1) is 0 Å². The summed E-state index contributed by atoms with van der Waals surface area (Å²) < 4.78 is 14.4. The van der Waals surface area contributed by atoms with E-state index in [1.807, 2.05) is 4.90 Å². The number of fused-ring (bicyclic) bond motifs is 1. The second-order valence-electron chi connectivity index (χ2n) is 5.64. The first-order valence-corrected chi connectivity index (χ1v) is 7.31. The number of rotatable bonds is 4. The van der Waals surface area contributed by atoms with E-state index in [2.05, 4.69) is 5.32 Å². The molecule has 0 bridgehead atoms. The van der Waals surface area contributed by atoms with Crippen molar-refractivity contribution in [3.05, 3.63) is 23.5 Å². The average Bonchev–Trinajstić information content (AvgIpc) is 3.07. The van der Waals surface area contributed by atoms with Crippen LogP contribution in [-0.4, -0.2) is 35.3 Å². The van der Waals surface area contributed by atoms with Gasteiger partial charge < -0.3 is 20.4 Å². The lowest BCUT2D eigenvalue weighted by molar-refractivity contribution is -0.123. The summed E-state index contributed by atoms with van der Waals surface area (Å²) in [7, 11) is 0. The molecule has 1 unspecified atom stereocenters. The first kappa shape index (κ1) is 14.3. The lowest BCUT2D eigenvalue weighted by atomic mass is 10.1. The van der Waals surface area contributed by atoms with Crippen LogP contribution in [0.4, 0.5) is 15.8 Å². The third kappa shape index (κ3) is 2.49. The Kier molecular flexibility index (Phi) is 3.82. The largest absolute Gasteiger partial charge is 0.395 e. The number of nitrogens with zero attached hydrogens (tertiary/aromatic N) is 1. The number of carbonyl (C=O) groups is 1. The van der Waals surface area contributed by atoms with Crippen LogP contribution in [0, 0.1) is 5.82 Å². The van der Waals surface area contributed by atoms with Crippen molar-refractivity contribution >= 4 is 17.3 Å². The number of anilines is 2. The van der Waals surface area contributed by atoms with Crippen LogP contribution < -0.4 is 10.2 Å². The Morgan fingerprint density at radius 2 is 2.05 bits per heavy atom. The maximum Gasteiger partial charge on any atom is 0.257 e. The quantitative estimate of drug-likeness (QED) is 0.788. The summed E-state index contributed by atoms with van der Waals surface area (Å²) in [6.45, 7) is 0.304. The van der Waals surface area contributed by atoms with E-state index in [1.165, 1.54) is 6.07 Å². The lowest BCUT2D eigenvalue weighted by Crippen LogP contribution is -2.36. The maximum absolute atomic E-state index is 14.4. The van der Waals surface area contributed by atoms with Gasteiger partial charge in [0, 0.05) is 23.8 Å². The van der Waals surface area contributed by atoms with Gasteiger partial charge in [0.15, 0.2) is 6.10 Å². The maximum atomic E-state index is 14.4. The molecule has 21 heavy (non-hydrogen) atoms. The molecule has 1 aromatic rings. The minimum absolute atomic E-state index is 0.0536. The fourth-order valence-electron chi connectivity index (χ4n) is 3.30. The summed E-state index contributed by atoms with van der Waals surface area (Å²) in [6.07, 6.45) is 2.86. The van der Waals surface area contributed by atoms with Gasteiger partial charge in [0.2, 0.25) is 0 Å². The molecule has 3 N–H and O–H groups in total. The summed E-state index contributed by atoms with van der Waals surface area (Å²) in [5, 5.41) is 21.5. The average molecular weight is 294 g/mol. The number of aliphatic hydroxyl groups excluding tert-OH is 2. The van der Waals surface area contributed by atoms with Crippen LogP contribution in [0.1, 0.15) is 37.4 Å². The number of benzene rings is 1. The van der Waals surface area contributed by atoms with E-state index < -0.39 is 17.8 Å². The van der Waals surface area contributed by atoms with Crippen molar-refractivity contribution in [2.75, 3.05) is 23.4 Å². The zero-order valence-corrected chi connectivity index (χ0v) is 11.7. The summed E-state index contributed by atoms with van der Waals surface area (Å²) in [6, 6.07) is 2.99. The smallest absolute Gasteiger partial charge is 0.257 e. The predicted molar refractivity (Wildman–Crippen MR) is 76.7 cm³/mol. The molecular weight excluding hydrogens is 275 g/mol. The number of halogens is 1. The molecule has 0 spiro atoms. The molecule has 2 aliphatic rings. The molecule has 1 aliphatic heterocycles.